The van der Waals surface area contributed by atoms with E-state index in [4.69, 9.17) is 4.98 Å². The summed E-state index contributed by atoms with van der Waals surface area (Å²) in [7, 11) is 0. The van der Waals surface area contributed by atoms with Gasteiger partial charge in [-0.25, -0.2) is 4.98 Å². The highest BCUT2D eigenvalue weighted by atomic mass is 16.2. The third-order valence-corrected chi connectivity index (χ3v) is 5.08. The Hall–Kier alpha value is -3.99. The maximum atomic E-state index is 13.2. The molecule has 4 aromatic rings. The van der Waals surface area contributed by atoms with Crippen LogP contribution in [0.25, 0.3) is 22.2 Å². The number of benzene rings is 3. The first-order valence-electron chi connectivity index (χ1n) is 9.37. The Labute approximate surface area is 167 Å². The summed E-state index contributed by atoms with van der Waals surface area (Å²) in [5.74, 6) is -0.351. The third kappa shape index (κ3) is 3.12. The topological polar surface area (TPSA) is 71.1 Å². The van der Waals surface area contributed by atoms with Crippen LogP contribution in [-0.2, 0) is 6.54 Å². The molecule has 5 heteroatoms. The molecule has 0 bridgehead atoms. The normalized spacial score (nSPS) is 12.5. The molecule has 0 radical (unpaired) electrons. The summed E-state index contributed by atoms with van der Waals surface area (Å²) >= 11 is 0. The smallest absolute Gasteiger partial charge is 0.256 e. The van der Waals surface area contributed by atoms with Crippen molar-refractivity contribution in [3.05, 3.63) is 95.6 Å². The van der Waals surface area contributed by atoms with Gasteiger partial charge in [0.05, 0.1) is 16.8 Å². The Balaban J connectivity index is 1.56. The lowest BCUT2D eigenvalue weighted by molar-refractivity contribution is 0.0964. The van der Waals surface area contributed by atoms with Crippen molar-refractivity contribution in [3.63, 3.8) is 0 Å². The summed E-state index contributed by atoms with van der Waals surface area (Å²) in [6.45, 7) is 0.526. The average Bonchev–Trinajstić information content (AvgIpc) is 3.13. The zero-order valence-corrected chi connectivity index (χ0v) is 15.5. The molecular weight excluding hydrogens is 362 g/mol. The van der Waals surface area contributed by atoms with Crippen molar-refractivity contribution in [3.8, 4) is 11.3 Å². The first-order chi connectivity index (χ1) is 14.2. The molecule has 1 aliphatic rings. The van der Waals surface area contributed by atoms with Gasteiger partial charge in [0.2, 0.25) is 0 Å². The Morgan fingerprint density at radius 2 is 1.72 bits per heavy atom. The highest BCUT2D eigenvalue weighted by molar-refractivity contribution is 6.13. The Bertz CT molecular complexity index is 1270. The van der Waals surface area contributed by atoms with Gasteiger partial charge >= 0.3 is 0 Å². The van der Waals surface area contributed by atoms with Crippen molar-refractivity contribution in [2.45, 2.75) is 6.54 Å². The molecule has 140 valence electrons. The Kier molecular flexibility index (Phi) is 4.06. The van der Waals surface area contributed by atoms with Crippen LogP contribution in [0, 0.1) is 0 Å². The zero-order valence-electron chi connectivity index (χ0n) is 15.5. The predicted molar refractivity (Wildman–Crippen MR) is 113 cm³/mol. The van der Waals surface area contributed by atoms with E-state index in [9.17, 15) is 9.59 Å². The number of para-hydroxylation sites is 1. The van der Waals surface area contributed by atoms with Gasteiger partial charge in [-0.2, -0.15) is 0 Å². The molecule has 2 amide bonds. The molecule has 5 rings (SSSR count). The second kappa shape index (κ2) is 6.87. The van der Waals surface area contributed by atoms with E-state index in [1.165, 1.54) is 0 Å². The fraction of sp³-hybridized carbons (Fsp3) is 0.0417. The highest BCUT2D eigenvalue weighted by Crippen LogP contribution is 2.26. The first kappa shape index (κ1) is 17.1. The number of fused-ring (bicyclic) bond motifs is 2. The van der Waals surface area contributed by atoms with E-state index in [2.05, 4.69) is 10.6 Å². The summed E-state index contributed by atoms with van der Waals surface area (Å²) in [6.07, 6.45) is 0. The minimum atomic E-state index is -0.237. The van der Waals surface area contributed by atoms with Gasteiger partial charge in [-0.15, -0.1) is 0 Å². The first-order valence-corrected chi connectivity index (χ1v) is 9.37. The quantitative estimate of drug-likeness (QED) is 0.554. The number of carbonyl (C=O) groups is 2. The van der Waals surface area contributed by atoms with E-state index < -0.39 is 0 Å². The lowest BCUT2D eigenvalue weighted by Crippen LogP contribution is -2.14. The van der Waals surface area contributed by atoms with Gasteiger partial charge in [0, 0.05) is 28.7 Å². The summed E-state index contributed by atoms with van der Waals surface area (Å²) in [4.78, 5) is 29.8. The molecule has 0 atom stereocenters. The van der Waals surface area contributed by atoms with E-state index in [1.54, 1.807) is 6.07 Å². The summed E-state index contributed by atoms with van der Waals surface area (Å²) in [5.41, 5.74) is 5.12. The number of pyridine rings is 1. The van der Waals surface area contributed by atoms with E-state index >= 15 is 0 Å². The second-order valence-corrected chi connectivity index (χ2v) is 6.95. The maximum Gasteiger partial charge on any atom is 0.256 e. The molecule has 1 aromatic heterocycles. The lowest BCUT2D eigenvalue weighted by Gasteiger charge is -2.11. The van der Waals surface area contributed by atoms with Crippen LogP contribution < -0.4 is 10.6 Å². The fourth-order valence-electron chi connectivity index (χ4n) is 3.61. The molecule has 0 saturated carbocycles. The number of anilines is 1. The SMILES string of the molecule is O=C1NCc2ccc(NC(=O)c3cc(-c4ccccc4)nc4ccccc34)cc21. The van der Waals surface area contributed by atoms with E-state index in [0.717, 1.165) is 27.7 Å². The van der Waals surface area contributed by atoms with Crippen molar-refractivity contribution >= 4 is 28.4 Å². The Morgan fingerprint density at radius 1 is 0.931 bits per heavy atom. The van der Waals surface area contributed by atoms with Crippen LogP contribution in [0.5, 0.6) is 0 Å². The minimum absolute atomic E-state index is 0.114. The summed E-state index contributed by atoms with van der Waals surface area (Å²) < 4.78 is 0. The molecule has 0 unspecified atom stereocenters. The predicted octanol–water partition coefficient (Wildman–Crippen LogP) is 4.40. The van der Waals surface area contributed by atoms with Gasteiger partial charge in [0.1, 0.15) is 0 Å². The lowest BCUT2D eigenvalue weighted by atomic mass is 10.0. The standard InChI is InChI=1S/C24H17N3O2/c28-23-19-12-17(11-10-16(19)14-25-23)26-24(29)20-13-22(15-6-2-1-3-7-15)27-21-9-5-4-8-18(20)21/h1-13H,14H2,(H,25,28)(H,26,29). The molecule has 2 N–H and O–H groups in total. The number of aromatic nitrogens is 1. The monoisotopic (exact) mass is 379 g/mol. The van der Waals surface area contributed by atoms with Crippen molar-refractivity contribution in [1.29, 1.82) is 0 Å². The molecule has 0 aliphatic carbocycles. The second-order valence-electron chi connectivity index (χ2n) is 6.95. The molecule has 1 aliphatic heterocycles. The van der Waals surface area contributed by atoms with Crippen molar-refractivity contribution in [2.75, 3.05) is 5.32 Å². The number of hydrogen-bond donors (Lipinski definition) is 2. The summed E-state index contributed by atoms with van der Waals surface area (Å²) in [6, 6.07) is 24.6. The molecule has 29 heavy (non-hydrogen) atoms. The fourth-order valence-corrected chi connectivity index (χ4v) is 3.61. The number of nitrogens with one attached hydrogen (secondary N) is 2. The maximum absolute atomic E-state index is 13.2. The number of rotatable bonds is 3. The summed E-state index contributed by atoms with van der Waals surface area (Å²) in [5, 5.41) is 6.50. The molecule has 0 spiro atoms. The van der Waals surface area contributed by atoms with Gasteiger partial charge in [-0.3, -0.25) is 9.59 Å². The van der Waals surface area contributed by atoms with Crippen LogP contribution in [0.3, 0.4) is 0 Å². The number of carbonyl (C=O) groups excluding carboxylic acids is 2. The largest absolute Gasteiger partial charge is 0.348 e. The molecule has 2 heterocycles. The molecular formula is C24H17N3O2. The molecule has 5 nitrogen and oxygen atoms in total. The number of hydrogen-bond acceptors (Lipinski definition) is 3. The van der Waals surface area contributed by atoms with Crippen LogP contribution in [0.15, 0.2) is 78.9 Å². The van der Waals surface area contributed by atoms with Gasteiger partial charge in [-0.1, -0.05) is 54.6 Å². The third-order valence-electron chi connectivity index (χ3n) is 5.08. The van der Waals surface area contributed by atoms with Crippen LogP contribution in [-0.4, -0.2) is 16.8 Å². The average molecular weight is 379 g/mol. The van der Waals surface area contributed by atoms with Crippen LogP contribution in [0.1, 0.15) is 26.3 Å². The van der Waals surface area contributed by atoms with Crippen molar-refractivity contribution in [1.82, 2.24) is 10.3 Å². The van der Waals surface area contributed by atoms with Gasteiger partial charge < -0.3 is 10.6 Å². The van der Waals surface area contributed by atoms with Gasteiger partial charge in [0.15, 0.2) is 0 Å². The van der Waals surface area contributed by atoms with Gasteiger partial charge in [-0.05, 0) is 29.8 Å². The van der Waals surface area contributed by atoms with E-state index in [0.29, 0.717) is 23.4 Å². The number of amides is 2. The zero-order chi connectivity index (χ0) is 19.8. The van der Waals surface area contributed by atoms with Gasteiger partial charge in [0.25, 0.3) is 11.8 Å². The van der Waals surface area contributed by atoms with Crippen molar-refractivity contribution < 1.29 is 9.59 Å². The number of nitrogens with zero attached hydrogens (tertiary/aromatic N) is 1. The Morgan fingerprint density at radius 3 is 2.59 bits per heavy atom. The van der Waals surface area contributed by atoms with Crippen LogP contribution >= 0.6 is 0 Å². The highest BCUT2D eigenvalue weighted by Gasteiger charge is 2.20. The van der Waals surface area contributed by atoms with E-state index in [1.807, 2.05) is 72.8 Å². The molecule has 0 fully saturated rings. The minimum Gasteiger partial charge on any atom is -0.348 e. The van der Waals surface area contributed by atoms with E-state index in [-0.39, 0.29) is 11.8 Å². The van der Waals surface area contributed by atoms with Crippen molar-refractivity contribution in [2.24, 2.45) is 0 Å². The molecule has 3 aromatic carbocycles. The van der Waals surface area contributed by atoms with Crippen LogP contribution in [0.4, 0.5) is 5.69 Å². The van der Waals surface area contributed by atoms with Crippen LogP contribution in [0.2, 0.25) is 0 Å². The molecule has 0 saturated heterocycles.